The number of ether oxygens (including phenoxy) is 1. The number of carbonyl (C=O) groups excluding carboxylic acids is 1. The van der Waals surface area contributed by atoms with Crippen molar-refractivity contribution < 1.29 is 17.9 Å². The molecule has 0 aliphatic heterocycles. The number of sulfone groups is 1. The fourth-order valence-corrected chi connectivity index (χ4v) is 5.83. The van der Waals surface area contributed by atoms with Gasteiger partial charge in [0.15, 0.2) is 0 Å². The van der Waals surface area contributed by atoms with Crippen molar-refractivity contribution in [2.45, 2.75) is 57.7 Å². The zero-order valence-electron chi connectivity index (χ0n) is 21.0. The summed E-state index contributed by atoms with van der Waals surface area (Å²) in [4.78, 5) is 19.4. The third-order valence-electron chi connectivity index (χ3n) is 5.60. The summed E-state index contributed by atoms with van der Waals surface area (Å²) in [6, 6.07) is 11.5. The maximum Gasteiger partial charge on any atom is 0.255 e. The van der Waals surface area contributed by atoms with Crippen LogP contribution in [0.2, 0.25) is 10.0 Å². The van der Waals surface area contributed by atoms with Crippen molar-refractivity contribution in [1.82, 2.24) is 14.5 Å². The molecule has 2 aromatic carbocycles. The number of rotatable bonds is 10. The van der Waals surface area contributed by atoms with Crippen molar-refractivity contribution in [3.8, 4) is 5.75 Å². The van der Waals surface area contributed by atoms with Gasteiger partial charge in [-0.1, -0.05) is 49.2 Å². The van der Waals surface area contributed by atoms with Gasteiger partial charge in [-0.15, -0.1) is 0 Å². The van der Waals surface area contributed by atoms with Crippen LogP contribution in [0.3, 0.4) is 0 Å². The monoisotopic (exact) mass is 551 g/mol. The van der Waals surface area contributed by atoms with E-state index in [9.17, 15) is 13.2 Å². The Morgan fingerprint density at radius 1 is 1.11 bits per heavy atom. The minimum absolute atomic E-state index is 0.0188. The summed E-state index contributed by atoms with van der Waals surface area (Å²) in [6.07, 6.45) is 1.53. The molecular formula is C26H31Cl2N3O4S. The first-order valence-electron chi connectivity index (χ1n) is 11.6. The Hall–Kier alpha value is -2.55. The molecule has 0 radical (unpaired) electrons. The Morgan fingerprint density at radius 3 is 2.44 bits per heavy atom. The van der Waals surface area contributed by atoms with Gasteiger partial charge in [0.05, 0.1) is 41.9 Å². The first kappa shape index (κ1) is 28.0. The topological polar surface area (TPSA) is 81.5 Å². The molecule has 0 unspecified atom stereocenters. The van der Waals surface area contributed by atoms with Gasteiger partial charge >= 0.3 is 0 Å². The maximum atomic E-state index is 13.4. The van der Waals surface area contributed by atoms with E-state index in [0.717, 1.165) is 0 Å². The molecule has 3 rings (SSSR count). The summed E-state index contributed by atoms with van der Waals surface area (Å²) in [7, 11) is -2.24. The van der Waals surface area contributed by atoms with Gasteiger partial charge in [-0.2, -0.15) is 0 Å². The molecule has 0 N–H and O–H groups in total. The van der Waals surface area contributed by atoms with Gasteiger partial charge in [0.25, 0.3) is 5.91 Å². The molecular weight excluding hydrogens is 521 g/mol. The number of halogens is 2. The number of methoxy groups -OCH3 is 1. The molecule has 194 valence electrons. The van der Waals surface area contributed by atoms with Gasteiger partial charge in [0, 0.05) is 17.6 Å². The highest BCUT2D eigenvalue weighted by Gasteiger charge is 2.28. The molecule has 7 nitrogen and oxygen atoms in total. The van der Waals surface area contributed by atoms with Crippen LogP contribution in [-0.4, -0.2) is 41.9 Å². The van der Waals surface area contributed by atoms with Crippen LogP contribution in [0.25, 0.3) is 0 Å². The number of hydrogen-bond acceptors (Lipinski definition) is 5. The van der Waals surface area contributed by atoms with Crippen molar-refractivity contribution in [2.75, 3.05) is 7.11 Å². The summed E-state index contributed by atoms with van der Waals surface area (Å²) in [5.74, 6) is 0.245. The Kier molecular flexibility index (Phi) is 9.08. The van der Waals surface area contributed by atoms with Crippen molar-refractivity contribution in [1.29, 1.82) is 0 Å². The normalized spacial score (nSPS) is 11.8. The second-order valence-corrected chi connectivity index (χ2v) is 12.0. The molecule has 0 fully saturated rings. The lowest BCUT2D eigenvalue weighted by molar-refractivity contribution is 0.0685. The average Bonchev–Trinajstić information content (AvgIpc) is 3.19. The lowest BCUT2D eigenvalue weighted by Crippen LogP contribution is -2.37. The fourth-order valence-electron chi connectivity index (χ4n) is 3.85. The summed E-state index contributed by atoms with van der Waals surface area (Å²) in [5.41, 5.74) is 1.56. The van der Waals surface area contributed by atoms with Crippen LogP contribution < -0.4 is 4.74 Å². The minimum atomic E-state index is -3.78. The standard InChI is InChI=1S/C26H31Cl2N3O4S/c1-17(2)14-31-21(15-30(18(3)4)25(32)23-10-9-20(27)12-24(23)28)13-29-26(31)36(33,34)16-19-7-6-8-22(11-19)35-5/h6-13,17-18H,14-16H2,1-5H3. The highest BCUT2D eigenvalue weighted by atomic mass is 35.5. The Bertz CT molecular complexity index is 1340. The lowest BCUT2D eigenvalue weighted by atomic mass is 10.1. The average molecular weight is 553 g/mol. The summed E-state index contributed by atoms with van der Waals surface area (Å²) in [5, 5.41) is 0.679. The highest BCUT2D eigenvalue weighted by molar-refractivity contribution is 7.90. The number of nitrogens with zero attached hydrogens (tertiary/aromatic N) is 3. The van der Waals surface area contributed by atoms with E-state index in [-0.39, 0.29) is 40.3 Å². The SMILES string of the molecule is COc1cccc(CS(=O)(=O)c2ncc(CN(C(=O)c3ccc(Cl)cc3Cl)C(C)C)n2CC(C)C)c1. The van der Waals surface area contributed by atoms with Gasteiger partial charge in [-0.3, -0.25) is 4.79 Å². The molecule has 0 bridgehead atoms. The van der Waals surface area contributed by atoms with Crippen LogP contribution >= 0.6 is 23.2 Å². The van der Waals surface area contributed by atoms with E-state index in [4.69, 9.17) is 27.9 Å². The molecule has 1 amide bonds. The van der Waals surface area contributed by atoms with Crippen LogP contribution in [0.1, 0.15) is 49.3 Å². The van der Waals surface area contributed by atoms with E-state index in [1.807, 2.05) is 27.7 Å². The first-order valence-corrected chi connectivity index (χ1v) is 14.0. The molecule has 10 heteroatoms. The van der Waals surface area contributed by atoms with E-state index < -0.39 is 9.84 Å². The summed E-state index contributed by atoms with van der Waals surface area (Å²) < 4.78 is 33.8. The number of hydrogen-bond donors (Lipinski definition) is 0. The predicted octanol–water partition coefficient (Wildman–Crippen LogP) is 5.88. The number of carbonyl (C=O) groups is 1. The number of aromatic nitrogens is 2. The zero-order valence-corrected chi connectivity index (χ0v) is 23.4. The third kappa shape index (κ3) is 6.60. The minimum Gasteiger partial charge on any atom is -0.497 e. The number of benzene rings is 2. The van der Waals surface area contributed by atoms with Crippen molar-refractivity contribution in [2.24, 2.45) is 5.92 Å². The molecule has 1 aromatic heterocycles. The Labute approximate surface area is 222 Å². The summed E-state index contributed by atoms with van der Waals surface area (Å²) in [6.45, 7) is 8.40. The largest absolute Gasteiger partial charge is 0.497 e. The maximum absolute atomic E-state index is 13.4. The zero-order chi connectivity index (χ0) is 26.6. The van der Waals surface area contributed by atoms with Gasteiger partial charge in [0.1, 0.15) is 5.75 Å². The lowest BCUT2D eigenvalue weighted by Gasteiger charge is -2.28. The van der Waals surface area contributed by atoms with Gasteiger partial charge in [0.2, 0.25) is 15.0 Å². The molecule has 0 saturated carbocycles. The Morgan fingerprint density at radius 2 is 1.83 bits per heavy atom. The molecule has 0 saturated heterocycles. The van der Waals surface area contributed by atoms with Crippen LogP contribution in [0.4, 0.5) is 0 Å². The van der Waals surface area contributed by atoms with Crippen LogP contribution in [0, 0.1) is 5.92 Å². The summed E-state index contributed by atoms with van der Waals surface area (Å²) >= 11 is 12.3. The first-order chi connectivity index (χ1) is 16.9. The van der Waals surface area contributed by atoms with E-state index in [2.05, 4.69) is 4.98 Å². The second-order valence-electron chi connectivity index (χ2n) is 9.30. The second kappa shape index (κ2) is 11.7. The molecule has 0 atom stereocenters. The fraction of sp³-hybridized carbons (Fsp3) is 0.385. The van der Waals surface area contributed by atoms with E-state index >= 15 is 0 Å². The van der Waals surface area contributed by atoms with Crippen molar-refractivity contribution in [3.63, 3.8) is 0 Å². The molecule has 0 spiro atoms. The number of imidazole rings is 1. The van der Waals surface area contributed by atoms with Crippen molar-refractivity contribution in [3.05, 3.63) is 75.5 Å². The molecule has 0 aliphatic carbocycles. The van der Waals surface area contributed by atoms with E-state index in [1.165, 1.54) is 19.4 Å². The quantitative estimate of drug-likeness (QED) is 0.314. The third-order valence-corrected chi connectivity index (χ3v) is 7.74. The van der Waals surface area contributed by atoms with E-state index in [0.29, 0.717) is 34.1 Å². The van der Waals surface area contributed by atoms with Gasteiger partial charge < -0.3 is 14.2 Å². The molecule has 0 aliphatic rings. The highest BCUT2D eigenvalue weighted by Crippen LogP contribution is 2.26. The molecule has 1 heterocycles. The smallest absolute Gasteiger partial charge is 0.255 e. The molecule has 36 heavy (non-hydrogen) atoms. The van der Waals surface area contributed by atoms with Gasteiger partial charge in [-0.05, 0) is 55.7 Å². The van der Waals surface area contributed by atoms with Crippen LogP contribution in [0.5, 0.6) is 5.75 Å². The Balaban J connectivity index is 1.98. The van der Waals surface area contributed by atoms with E-state index in [1.54, 1.807) is 45.9 Å². The predicted molar refractivity (Wildman–Crippen MR) is 142 cm³/mol. The molecule has 3 aromatic rings. The van der Waals surface area contributed by atoms with Crippen molar-refractivity contribution >= 4 is 38.9 Å². The van der Waals surface area contributed by atoms with Crippen LogP contribution in [-0.2, 0) is 28.7 Å². The number of amides is 1. The van der Waals surface area contributed by atoms with Crippen LogP contribution in [0.15, 0.2) is 53.8 Å². The van der Waals surface area contributed by atoms with Gasteiger partial charge in [-0.25, -0.2) is 13.4 Å².